The van der Waals surface area contributed by atoms with Crippen molar-refractivity contribution in [2.45, 2.75) is 32.1 Å². The fraction of sp³-hybridized carbons (Fsp3) is 0.375. The number of amides is 1. The second-order valence-electron chi connectivity index (χ2n) is 8.09. The Morgan fingerprint density at radius 1 is 0.931 bits per heavy atom. The van der Waals surface area contributed by atoms with Crippen LogP contribution in [0.2, 0.25) is 0 Å². The molecule has 29 heavy (non-hydrogen) atoms. The number of ketones is 1. The second kappa shape index (κ2) is 8.60. The Morgan fingerprint density at radius 3 is 2.41 bits per heavy atom. The Kier molecular flexibility index (Phi) is 5.74. The molecule has 2 aliphatic rings. The van der Waals surface area contributed by atoms with Crippen LogP contribution >= 0.6 is 0 Å². The van der Waals surface area contributed by atoms with E-state index in [1.54, 1.807) is 48.5 Å². The van der Waals surface area contributed by atoms with Gasteiger partial charge in [-0.05, 0) is 49.1 Å². The minimum absolute atomic E-state index is 0.171. The molecule has 0 aliphatic heterocycles. The molecular weight excluding hydrogens is 366 g/mol. The maximum Gasteiger partial charge on any atom is 0.306 e. The van der Waals surface area contributed by atoms with E-state index >= 15 is 0 Å². The van der Waals surface area contributed by atoms with Crippen LogP contribution in [0.25, 0.3) is 0 Å². The van der Waals surface area contributed by atoms with Gasteiger partial charge in [0.1, 0.15) is 0 Å². The van der Waals surface area contributed by atoms with Gasteiger partial charge in [-0.25, -0.2) is 0 Å². The maximum atomic E-state index is 12.7. The first kappa shape index (κ1) is 19.4. The van der Waals surface area contributed by atoms with Crippen LogP contribution in [0, 0.1) is 17.8 Å². The number of rotatable bonds is 7. The van der Waals surface area contributed by atoms with Crippen molar-refractivity contribution in [3.63, 3.8) is 0 Å². The molecule has 0 radical (unpaired) electrons. The van der Waals surface area contributed by atoms with Gasteiger partial charge in [0.05, 0.1) is 5.69 Å². The number of carbonyl (C=O) groups is 3. The van der Waals surface area contributed by atoms with Crippen molar-refractivity contribution in [1.29, 1.82) is 0 Å². The smallest absolute Gasteiger partial charge is 0.306 e. The number of fused-ring (bicyclic) bond motifs is 2. The van der Waals surface area contributed by atoms with E-state index in [0.717, 1.165) is 12.3 Å². The van der Waals surface area contributed by atoms with Gasteiger partial charge < -0.3 is 10.1 Å². The first-order chi connectivity index (χ1) is 14.1. The van der Waals surface area contributed by atoms with E-state index in [1.165, 1.54) is 19.3 Å². The van der Waals surface area contributed by atoms with Crippen LogP contribution in [0.15, 0.2) is 54.6 Å². The van der Waals surface area contributed by atoms with E-state index in [0.29, 0.717) is 35.1 Å². The van der Waals surface area contributed by atoms with Crippen LogP contribution in [0.5, 0.6) is 0 Å². The van der Waals surface area contributed by atoms with Gasteiger partial charge in [-0.2, -0.15) is 0 Å². The molecule has 0 aromatic heterocycles. The van der Waals surface area contributed by atoms with Gasteiger partial charge in [-0.3, -0.25) is 14.4 Å². The second-order valence-corrected chi connectivity index (χ2v) is 8.09. The highest BCUT2D eigenvalue weighted by Gasteiger charge is 2.40. The minimum Gasteiger partial charge on any atom is -0.456 e. The zero-order valence-corrected chi connectivity index (χ0v) is 16.3. The van der Waals surface area contributed by atoms with Gasteiger partial charge in [0.15, 0.2) is 12.4 Å². The monoisotopic (exact) mass is 391 g/mol. The third-order valence-corrected chi connectivity index (χ3v) is 6.16. The lowest BCUT2D eigenvalue weighted by Crippen LogP contribution is -2.24. The van der Waals surface area contributed by atoms with Crippen LogP contribution < -0.4 is 5.32 Å². The van der Waals surface area contributed by atoms with Crippen molar-refractivity contribution >= 4 is 23.3 Å². The number of benzene rings is 2. The summed E-state index contributed by atoms with van der Waals surface area (Å²) < 4.78 is 5.19. The molecule has 0 unspecified atom stereocenters. The number of anilines is 1. The molecule has 2 aromatic rings. The lowest BCUT2D eigenvalue weighted by atomic mass is 9.86. The first-order valence-electron chi connectivity index (χ1n) is 10.2. The van der Waals surface area contributed by atoms with Crippen LogP contribution in [-0.4, -0.2) is 24.3 Å². The Hall–Kier alpha value is -2.95. The highest BCUT2D eigenvalue weighted by molar-refractivity contribution is 6.13. The Bertz CT molecular complexity index is 908. The summed E-state index contributed by atoms with van der Waals surface area (Å²) in [5, 5.41) is 2.70. The van der Waals surface area contributed by atoms with Crippen molar-refractivity contribution < 1.29 is 19.1 Å². The Morgan fingerprint density at radius 2 is 1.69 bits per heavy atom. The molecule has 5 nitrogen and oxygen atoms in total. The molecule has 4 rings (SSSR count). The standard InChI is InChI=1S/C24H25NO4/c26-22(15-29-23(27)14-19-13-16-10-11-18(19)12-16)25-21-9-5-4-8-20(21)24(28)17-6-2-1-3-7-17/h1-9,16,18-19H,10-15H2,(H,25,26)/t16-,18+,19+/m0/s1. The van der Waals surface area contributed by atoms with E-state index in [1.807, 2.05) is 6.07 Å². The van der Waals surface area contributed by atoms with Crippen LogP contribution in [0.3, 0.4) is 0 Å². The molecule has 2 fully saturated rings. The Labute approximate surface area is 170 Å². The van der Waals surface area contributed by atoms with Crippen molar-refractivity contribution in [2.75, 3.05) is 11.9 Å². The number of hydrogen-bond donors (Lipinski definition) is 1. The van der Waals surface area contributed by atoms with Crippen molar-refractivity contribution in [3.8, 4) is 0 Å². The van der Waals surface area contributed by atoms with E-state index in [2.05, 4.69) is 5.32 Å². The van der Waals surface area contributed by atoms with Gasteiger partial charge in [-0.1, -0.05) is 48.9 Å². The lowest BCUT2D eigenvalue weighted by molar-refractivity contribution is -0.148. The van der Waals surface area contributed by atoms with Crippen LogP contribution in [0.4, 0.5) is 5.69 Å². The molecule has 2 saturated carbocycles. The van der Waals surface area contributed by atoms with E-state index in [-0.39, 0.29) is 18.4 Å². The summed E-state index contributed by atoms with van der Waals surface area (Å²) in [4.78, 5) is 37.2. The van der Waals surface area contributed by atoms with Crippen LogP contribution in [-0.2, 0) is 14.3 Å². The number of esters is 1. The van der Waals surface area contributed by atoms with E-state index < -0.39 is 5.91 Å². The zero-order chi connectivity index (χ0) is 20.2. The molecule has 0 spiro atoms. The average molecular weight is 391 g/mol. The third-order valence-electron chi connectivity index (χ3n) is 6.16. The predicted molar refractivity (Wildman–Crippen MR) is 109 cm³/mol. The summed E-state index contributed by atoms with van der Waals surface area (Å²) in [6, 6.07) is 15.7. The van der Waals surface area contributed by atoms with Gasteiger partial charge in [0, 0.05) is 17.5 Å². The largest absolute Gasteiger partial charge is 0.456 e. The first-order valence-corrected chi connectivity index (χ1v) is 10.2. The van der Waals surface area contributed by atoms with Gasteiger partial charge in [0.2, 0.25) is 0 Å². The number of nitrogens with one attached hydrogen (secondary N) is 1. The molecule has 0 heterocycles. The molecule has 2 aliphatic carbocycles. The summed E-state index contributed by atoms with van der Waals surface area (Å²) in [5.74, 6) is 0.909. The summed E-state index contributed by atoms with van der Waals surface area (Å²) >= 11 is 0. The quantitative estimate of drug-likeness (QED) is 0.566. The summed E-state index contributed by atoms with van der Waals surface area (Å²) in [7, 11) is 0. The predicted octanol–water partition coefficient (Wildman–Crippen LogP) is 4.23. The van der Waals surface area contributed by atoms with E-state index in [9.17, 15) is 14.4 Å². The molecule has 150 valence electrons. The number of ether oxygens (including phenoxy) is 1. The summed E-state index contributed by atoms with van der Waals surface area (Å²) in [6.07, 6.45) is 5.26. The fourth-order valence-electron chi connectivity index (χ4n) is 4.77. The van der Waals surface area contributed by atoms with Crippen molar-refractivity contribution in [2.24, 2.45) is 17.8 Å². The molecular formula is C24H25NO4. The summed E-state index contributed by atoms with van der Waals surface area (Å²) in [6.45, 7) is -0.340. The zero-order valence-electron chi connectivity index (χ0n) is 16.3. The minimum atomic E-state index is -0.445. The highest BCUT2D eigenvalue weighted by Crippen LogP contribution is 2.49. The van der Waals surface area contributed by atoms with Crippen molar-refractivity contribution in [1.82, 2.24) is 0 Å². The van der Waals surface area contributed by atoms with E-state index in [4.69, 9.17) is 4.74 Å². The average Bonchev–Trinajstić information content (AvgIpc) is 3.36. The molecule has 3 atom stereocenters. The Balaban J connectivity index is 1.32. The van der Waals surface area contributed by atoms with Gasteiger partial charge in [0.25, 0.3) is 5.91 Å². The third kappa shape index (κ3) is 4.56. The number of para-hydroxylation sites is 1. The molecule has 2 aromatic carbocycles. The van der Waals surface area contributed by atoms with Gasteiger partial charge in [-0.15, -0.1) is 0 Å². The molecule has 0 saturated heterocycles. The topological polar surface area (TPSA) is 72.5 Å². The maximum absolute atomic E-state index is 12.7. The highest BCUT2D eigenvalue weighted by atomic mass is 16.5. The van der Waals surface area contributed by atoms with Crippen molar-refractivity contribution in [3.05, 3.63) is 65.7 Å². The fourth-order valence-corrected chi connectivity index (χ4v) is 4.77. The molecule has 2 bridgehead atoms. The molecule has 1 N–H and O–H groups in total. The summed E-state index contributed by atoms with van der Waals surface area (Å²) in [5.41, 5.74) is 1.36. The molecule has 5 heteroatoms. The number of hydrogen-bond acceptors (Lipinski definition) is 4. The SMILES string of the molecule is O=C(COC(=O)C[C@H]1C[C@H]2CC[C@@H]1C2)Nc1ccccc1C(=O)c1ccccc1. The van der Waals surface area contributed by atoms with Gasteiger partial charge >= 0.3 is 5.97 Å². The van der Waals surface area contributed by atoms with Crippen LogP contribution in [0.1, 0.15) is 48.0 Å². The lowest BCUT2D eigenvalue weighted by Gasteiger charge is -2.20. The normalized spacial score (nSPS) is 22.3. The molecule has 1 amide bonds. The number of carbonyl (C=O) groups excluding carboxylic acids is 3.